The van der Waals surface area contributed by atoms with Crippen molar-refractivity contribution < 1.29 is 9.90 Å². The zero-order chi connectivity index (χ0) is 21.2. The molecule has 0 aliphatic heterocycles. The molecule has 0 amide bonds. The SMILES string of the molecule is O=C(O)CCCCCCCCn1nc(-c2ccccc2)c(-c2ccccc2)nc1=O. The van der Waals surface area contributed by atoms with Crippen LogP contribution in [0.4, 0.5) is 0 Å². The van der Waals surface area contributed by atoms with Gasteiger partial charge in [-0.1, -0.05) is 86.3 Å². The zero-order valence-corrected chi connectivity index (χ0v) is 17.0. The molecule has 0 fully saturated rings. The summed E-state index contributed by atoms with van der Waals surface area (Å²) >= 11 is 0. The van der Waals surface area contributed by atoms with Crippen LogP contribution in [0.5, 0.6) is 0 Å². The van der Waals surface area contributed by atoms with Crippen molar-refractivity contribution in [1.29, 1.82) is 0 Å². The molecule has 30 heavy (non-hydrogen) atoms. The number of nitrogens with zero attached hydrogens (tertiary/aromatic N) is 3. The highest BCUT2D eigenvalue weighted by Gasteiger charge is 2.14. The molecule has 0 aliphatic carbocycles. The number of carboxylic acids is 1. The van der Waals surface area contributed by atoms with Gasteiger partial charge in [0.2, 0.25) is 0 Å². The summed E-state index contributed by atoms with van der Waals surface area (Å²) in [5, 5.41) is 13.3. The summed E-state index contributed by atoms with van der Waals surface area (Å²) in [7, 11) is 0. The van der Waals surface area contributed by atoms with E-state index in [9.17, 15) is 9.59 Å². The molecular weight excluding hydrogens is 378 g/mol. The van der Waals surface area contributed by atoms with E-state index in [2.05, 4.69) is 10.1 Å². The maximum absolute atomic E-state index is 12.6. The van der Waals surface area contributed by atoms with E-state index in [1.807, 2.05) is 60.7 Å². The van der Waals surface area contributed by atoms with Crippen LogP contribution >= 0.6 is 0 Å². The minimum Gasteiger partial charge on any atom is -0.481 e. The third-order valence-corrected chi connectivity index (χ3v) is 4.98. The molecule has 6 heteroatoms. The van der Waals surface area contributed by atoms with Crippen LogP contribution in [0.1, 0.15) is 44.9 Å². The summed E-state index contributed by atoms with van der Waals surface area (Å²) in [6, 6.07) is 19.5. The second-order valence-corrected chi connectivity index (χ2v) is 7.31. The fraction of sp³-hybridized carbons (Fsp3) is 0.333. The van der Waals surface area contributed by atoms with E-state index >= 15 is 0 Å². The van der Waals surface area contributed by atoms with Gasteiger partial charge in [-0.05, 0) is 12.8 Å². The Hall–Kier alpha value is -3.28. The Balaban J connectivity index is 1.69. The van der Waals surface area contributed by atoms with E-state index in [1.54, 1.807) is 0 Å². The summed E-state index contributed by atoms with van der Waals surface area (Å²) < 4.78 is 1.46. The molecule has 3 aromatic rings. The van der Waals surface area contributed by atoms with Gasteiger partial charge in [0.05, 0.1) is 0 Å². The number of rotatable bonds is 11. The van der Waals surface area contributed by atoms with E-state index in [0.717, 1.165) is 49.7 Å². The fourth-order valence-corrected chi connectivity index (χ4v) is 3.40. The number of unbranched alkanes of at least 4 members (excludes halogenated alkanes) is 5. The van der Waals surface area contributed by atoms with Gasteiger partial charge in [-0.25, -0.2) is 9.48 Å². The highest BCUT2D eigenvalue weighted by molar-refractivity contribution is 5.77. The van der Waals surface area contributed by atoms with Crippen LogP contribution in [-0.2, 0) is 11.3 Å². The second kappa shape index (κ2) is 11.0. The van der Waals surface area contributed by atoms with E-state index in [4.69, 9.17) is 5.11 Å². The predicted molar refractivity (Wildman–Crippen MR) is 117 cm³/mol. The van der Waals surface area contributed by atoms with Crippen molar-refractivity contribution in [2.45, 2.75) is 51.5 Å². The van der Waals surface area contributed by atoms with Crippen LogP contribution in [-0.4, -0.2) is 25.8 Å². The molecular formula is C24H27N3O3. The average Bonchev–Trinajstić information content (AvgIpc) is 2.77. The predicted octanol–water partition coefficient (Wildman–Crippen LogP) is 4.79. The van der Waals surface area contributed by atoms with Crippen molar-refractivity contribution >= 4 is 5.97 Å². The molecule has 0 radical (unpaired) electrons. The van der Waals surface area contributed by atoms with Crippen LogP contribution in [0.25, 0.3) is 22.5 Å². The van der Waals surface area contributed by atoms with Crippen molar-refractivity contribution in [3.63, 3.8) is 0 Å². The van der Waals surface area contributed by atoms with Crippen molar-refractivity contribution in [2.75, 3.05) is 0 Å². The molecule has 0 unspecified atom stereocenters. The lowest BCUT2D eigenvalue weighted by Gasteiger charge is -2.11. The Morgan fingerprint density at radius 1 is 0.767 bits per heavy atom. The number of aryl methyl sites for hydroxylation is 1. The summed E-state index contributed by atoms with van der Waals surface area (Å²) in [6.07, 6.45) is 5.73. The van der Waals surface area contributed by atoms with Crippen LogP contribution in [0.3, 0.4) is 0 Å². The van der Waals surface area contributed by atoms with Gasteiger partial charge in [0.25, 0.3) is 0 Å². The second-order valence-electron chi connectivity index (χ2n) is 7.31. The lowest BCUT2D eigenvalue weighted by molar-refractivity contribution is -0.137. The maximum Gasteiger partial charge on any atom is 0.364 e. The molecule has 0 bridgehead atoms. The number of hydrogen-bond donors (Lipinski definition) is 1. The monoisotopic (exact) mass is 405 g/mol. The number of benzene rings is 2. The summed E-state index contributed by atoms with van der Waals surface area (Å²) in [4.78, 5) is 27.5. The molecule has 1 N–H and O–H groups in total. The van der Waals surface area contributed by atoms with E-state index < -0.39 is 5.97 Å². The number of carbonyl (C=O) groups is 1. The Bertz CT molecular complexity index is 1000. The van der Waals surface area contributed by atoms with Crippen molar-refractivity contribution in [3.8, 4) is 22.5 Å². The minimum absolute atomic E-state index is 0.237. The molecule has 1 heterocycles. The van der Waals surface area contributed by atoms with E-state index in [-0.39, 0.29) is 12.1 Å². The van der Waals surface area contributed by atoms with Crippen molar-refractivity contribution in [1.82, 2.24) is 14.8 Å². The van der Waals surface area contributed by atoms with Gasteiger partial charge in [-0.15, -0.1) is 0 Å². The molecule has 0 atom stereocenters. The van der Waals surface area contributed by atoms with Gasteiger partial charge >= 0.3 is 11.7 Å². The molecule has 0 saturated heterocycles. The average molecular weight is 405 g/mol. The van der Waals surface area contributed by atoms with Crippen LogP contribution in [0, 0.1) is 0 Å². The molecule has 3 rings (SSSR count). The smallest absolute Gasteiger partial charge is 0.364 e. The first-order valence-corrected chi connectivity index (χ1v) is 10.5. The molecule has 0 saturated carbocycles. The number of carboxylic acid groups (broad SMARTS) is 1. The Morgan fingerprint density at radius 2 is 1.30 bits per heavy atom. The van der Waals surface area contributed by atoms with E-state index in [0.29, 0.717) is 17.9 Å². The first kappa shape index (κ1) is 21.4. The molecule has 6 nitrogen and oxygen atoms in total. The van der Waals surface area contributed by atoms with Crippen LogP contribution < -0.4 is 5.69 Å². The summed E-state index contributed by atoms with van der Waals surface area (Å²) in [6.45, 7) is 0.524. The topological polar surface area (TPSA) is 85.1 Å². The largest absolute Gasteiger partial charge is 0.481 e. The first-order valence-electron chi connectivity index (χ1n) is 10.5. The maximum atomic E-state index is 12.6. The lowest BCUT2D eigenvalue weighted by atomic mass is 10.0. The first-order chi connectivity index (χ1) is 14.6. The Labute approximate surface area is 176 Å². The van der Waals surface area contributed by atoms with Crippen LogP contribution in [0.15, 0.2) is 65.5 Å². The Morgan fingerprint density at radius 3 is 1.90 bits per heavy atom. The van der Waals surface area contributed by atoms with E-state index in [1.165, 1.54) is 4.68 Å². The number of aromatic nitrogens is 3. The normalized spacial score (nSPS) is 10.8. The van der Waals surface area contributed by atoms with Gasteiger partial charge in [0, 0.05) is 24.1 Å². The molecule has 0 aliphatic rings. The van der Waals surface area contributed by atoms with Gasteiger partial charge in [-0.3, -0.25) is 4.79 Å². The standard InChI is InChI=1S/C24H27N3O3/c28-21(29)17-11-3-1-2-4-12-18-27-24(30)25-22(19-13-7-5-8-14-19)23(26-27)20-15-9-6-10-16-20/h5-10,13-16H,1-4,11-12,17-18H2,(H,28,29). The third kappa shape index (κ3) is 6.11. The quantitative estimate of drug-likeness (QED) is 0.464. The minimum atomic E-state index is -0.735. The number of hydrogen-bond acceptors (Lipinski definition) is 4. The third-order valence-electron chi connectivity index (χ3n) is 4.98. The van der Waals surface area contributed by atoms with Crippen molar-refractivity contribution in [2.24, 2.45) is 0 Å². The number of aliphatic carboxylic acids is 1. The zero-order valence-electron chi connectivity index (χ0n) is 17.0. The van der Waals surface area contributed by atoms with Gasteiger partial charge in [-0.2, -0.15) is 10.1 Å². The van der Waals surface area contributed by atoms with Gasteiger partial charge in [0.1, 0.15) is 11.4 Å². The fourth-order valence-electron chi connectivity index (χ4n) is 3.40. The van der Waals surface area contributed by atoms with Crippen molar-refractivity contribution in [3.05, 3.63) is 71.1 Å². The highest BCUT2D eigenvalue weighted by atomic mass is 16.4. The highest BCUT2D eigenvalue weighted by Crippen LogP contribution is 2.27. The molecule has 1 aromatic heterocycles. The van der Waals surface area contributed by atoms with Gasteiger partial charge in [0.15, 0.2) is 0 Å². The molecule has 156 valence electrons. The molecule has 0 spiro atoms. The molecule has 2 aromatic carbocycles. The van der Waals surface area contributed by atoms with Crippen LogP contribution in [0.2, 0.25) is 0 Å². The summed E-state index contributed by atoms with van der Waals surface area (Å²) in [5.74, 6) is -0.735. The Kier molecular flexibility index (Phi) is 7.89. The van der Waals surface area contributed by atoms with Gasteiger partial charge < -0.3 is 5.11 Å². The lowest BCUT2D eigenvalue weighted by Crippen LogP contribution is -2.27. The summed E-state index contributed by atoms with van der Waals surface area (Å²) in [5.41, 5.74) is 2.76.